The van der Waals surface area contributed by atoms with Gasteiger partial charge in [0.1, 0.15) is 5.75 Å². The van der Waals surface area contributed by atoms with Crippen LogP contribution < -0.4 is 9.64 Å². The number of amides is 1. The molecule has 144 valence electrons. The molecule has 0 saturated carbocycles. The number of benzene rings is 2. The molecule has 1 atom stereocenters. The molecule has 1 aliphatic rings. The Balaban J connectivity index is 1.54. The minimum Gasteiger partial charge on any atom is -0.481 e. The van der Waals surface area contributed by atoms with E-state index in [0.717, 1.165) is 36.3 Å². The molecule has 1 heterocycles. The van der Waals surface area contributed by atoms with Gasteiger partial charge in [0.2, 0.25) is 0 Å². The number of halogens is 1. The molecule has 1 fully saturated rings. The molecule has 2 aromatic rings. The molecule has 0 radical (unpaired) electrons. The first-order chi connectivity index (χ1) is 13.0. The first-order valence-corrected chi connectivity index (χ1v) is 9.91. The van der Waals surface area contributed by atoms with Gasteiger partial charge in [0, 0.05) is 36.8 Å². The van der Waals surface area contributed by atoms with Gasteiger partial charge in [-0.3, -0.25) is 4.79 Å². The van der Waals surface area contributed by atoms with Gasteiger partial charge in [-0.15, -0.1) is 0 Å². The molecule has 6 heteroatoms. The van der Waals surface area contributed by atoms with Crippen LogP contribution in [0, 0.1) is 0 Å². The van der Waals surface area contributed by atoms with Gasteiger partial charge in [-0.1, -0.05) is 28.1 Å². The summed E-state index contributed by atoms with van der Waals surface area (Å²) in [6.07, 6.45) is -0.538. The fourth-order valence-electron chi connectivity index (χ4n) is 3.06. The van der Waals surface area contributed by atoms with E-state index in [9.17, 15) is 4.79 Å². The molecule has 3 rings (SSSR count). The van der Waals surface area contributed by atoms with E-state index < -0.39 is 6.10 Å². The molecular weight excluding hydrogens is 408 g/mol. The largest absolute Gasteiger partial charge is 0.481 e. The number of carbonyl (C=O) groups excluding carboxylic acids is 1. The minimum atomic E-state index is -0.538. The molecular formula is C21H25BrN2O3. The molecule has 2 aromatic carbocycles. The Bertz CT molecular complexity index is 743. The number of morpholine rings is 1. The molecule has 0 spiro atoms. The van der Waals surface area contributed by atoms with Crippen molar-refractivity contribution in [2.24, 2.45) is 0 Å². The molecule has 1 aliphatic heterocycles. The molecule has 1 saturated heterocycles. The highest BCUT2D eigenvalue weighted by atomic mass is 79.9. The summed E-state index contributed by atoms with van der Waals surface area (Å²) in [5.74, 6) is 0.637. The fraction of sp³-hybridized carbons (Fsp3) is 0.381. The molecule has 0 aromatic heterocycles. The van der Waals surface area contributed by atoms with E-state index in [2.05, 4.69) is 45.1 Å². The molecule has 5 nitrogen and oxygen atoms in total. The van der Waals surface area contributed by atoms with Gasteiger partial charge < -0.3 is 19.3 Å². The predicted molar refractivity (Wildman–Crippen MR) is 110 cm³/mol. The van der Waals surface area contributed by atoms with Gasteiger partial charge in [0.05, 0.1) is 13.2 Å². The highest BCUT2D eigenvalue weighted by molar-refractivity contribution is 9.10. The lowest BCUT2D eigenvalue weighted by Gasteiger charge is -2.29. The number of hydrogen-bond acceptors (Lipinski definition) is 4. The van der Waals surface area contributed by atoms with Crippen molar-refractivity contribution in [2.45, 2.75) is 19.6 Å². The number of rotatable bonds is 6. The predicted octanol–water partition coefficient (Wildman–Crippen LogP) is 3.71. The van der Waals surface area contributed by atoms with E-state index in [0.29, 0.717) is 12.3 Å². The lowest BCUT2D eigenvalue weighted by molar-refractivity contribution is -0.137. The molecule has 0 unspecified atom stereocenters. The molecule has 27 heavy (non-hydrogen) atoms. The van der Waals surface area contributed by atoms with E-state index in [4.69, 9.17) is 9.47 Å². The van der Waals surface area contributed by atoms with Crippen LogP contribution >= 0.6 is 15.9 Å². The Morgan fingerprint density at radius 1 is 1.15 bits per heavy atom. The maximum absolute atomic E-state index is 12.6. The zero-order valence-electron chi connectivity index (χ0n) is 15.7. The Labute approximate surface area is 169 Å². The van der Waals surface area contributed by atoms with Crippen LogP contribution in [0.25, 0.3) is 0 Å². The lowest BCUT2D eigenvalue weighted by atomic mass is 10.1. The van der Waals surface area contributed by atoms with Crippen LogP contribution in [0.15, 0.2) is 53.0 Å². The lowest BCUT2D eigenvalue weighted by Crippen LogP contribution is -2.37. The maximum Gasteiger partial charge on any atom is 0.263 e. The summed E-state index contributed by atoms with van der Waals surface area (Å²) in [6, 6.07) is 15.9. The topological polar surface area (TPSA) is 42.0 Å². The second-order valence-electron chi connectivity index (χ2n) is 6.67. The van der Waals surface area contributed by atoms with Crippen molar-refractivity contribution in [3.63, 3.8) is 0 Å². The van der Waals surface area contributed by atoms with Crippen LogP contribution in [0.3, 0.4) is 0 Å². The third kappa shape index (κ3) is 5.47. The monoisotopic (exact) mass is 432 g/mol. The first kappa shape index (κ1) is 19.7. The zero-order valence-corrected chi connectivity index (χ0v) is 17.3. The normalized spacial score (nSPS) is 15.3. The Hall–Kier alpha value is -2.05. The average molecular weight is 433 g/mol. The van der Waals surface area contributed by atoms with E-state index in [-0.39, 0.29) is 5.91 Å². The van der Waals surface area contributed by atoms with Crippen molar-refractivity contribution in [1.29, 1.82) is 0 Å². The average Bonchev–Trinajstić information content (AvgIpc) is 2.70. The van der Waals surface area contributed by atoms with Crippen LogP contribution in [0.5, 0.6) is 5.75 Å². The van der Waals surface area contributed by atoms with E-state index >= 15 is 0 Å². The van der Waals surface area contributed by atoms with Crippen molar-refractivity contribution in [3.05, 3.63) is 58.6 Å². The SMILES string of the molecule is C[C@@H](Oc1ccc(Br)cc1)C(=O)N(C)Cc1ccc(N2CCOCC2)cc1. The molecule has 0 bridgehead atoms. The van der Waals surface area contributed by atoms with E-state index in [1.165, 1.54) is 5.69 Å². The number of nitrogens with zero attached hydrogens (tertiary/aromatic N) is 2. The smallest absolute Gasteiger partial charge is 0.263 e. The van der Waals surface area contributed by atoms with Crippen molar-refractivity contribution in [1.82, 2.24) is 4.90 Å². The van der Waals surface area contributed by atoms with E-state index in [1.807, 2.05) is 24.3 Å². The van der Waals surface area contributed by atoms with Crippen molar-refractivity contribution in [2.75, 3.05) is 38.3 Å². The van der Waals surface area contributed by atoms with Gasteiger partial charge in [-0.25, -0.2) is 0 Å². The molecule has 0 aliphatic carbocycles. The van der Waals surface area contributed by atoms with Gasteiger partial charge in [0.25, 0.3) is 5.91 Å². The summed E-state index contributed by atoms with van der Waals surface area (Å²) in [5, 5.41) is 0. The molecule has 1 amide bonds. The fourth-order valence-corrected chi connectivity index (χ4v) is 3.33. The molecule has 0 N–H and O–H groups in total. The second-order valence-corrected chi connectivity index (χ2v) is 7.59. The first-order valence-electron chi connectivity index (χ1n) is 9.12. The van der Waals surface area contributed by atoms with Crippen LogP contribution in [-0.4, -0.2) is 50.3 Å². The van der Waals surface area contributed by atoms with Crippen LogP contribution in [-0.2, 0) is 16.1 Å². The Morgan fingerprint density at radius 2 is 1.78 bits per heavy atom. The summed E-state index contributed by atoms with van der Waals surface area (Å²) >= 11 is 3.39. The number of ether oxygens (including phenoxy) is 2. The Kier molecular flexibility index (Phi) is 6.74. The summed E-state index contributed by atoms with van der Waals surface area (Å²) in [5.41, 5.74) is 2.29. The summed E-state index contributed by atoms with van der Waals surface area (Å²) < 4.78 is 12.1. The van der Waals surface area contributed by atoms with Crippen LogP contribution in [0.2, 0.25) is 0 Å². The zero-order chi connectivity index (χ0) is 19.2. The second kappa shape index (κ2) is 9.24. The summed E-state index contributed by atoms with van der Waals surface area (Å²) in [6.45, 7) is 5.72. The minimum absolute atomic E-state index is 0.0461. The van der Waals surface area contributed by atoms with Gasteiger partial charge in [0.15, 0.2) is 6.10 Å². The van der Waals surface area contributed by atoms with Gasteiger partial charge >= 0.3 is 0 Å². The van der Waals surface area contributed by atoms with Gasteiger partial charge in [-0.2, -0.15) is 0 Å². The summed E-state index contributed by atoms with van der Waals surface area (Å²) in [7, 11) is 1.81. The number of likely N-dealkylation sites (N-methyl/N-ethyl adjacent to an activating group) is 1. The van der Waals surface area contributed by atoms with Crippen molar-refractivity contribution in [3.8, 4) is 5.75 Å². The van der Waals surface area contributed by atoms with Crippen LogP contribution in [0.1, 0.15) is 12.5 Å². The Morgan fingerprint density at radius 3 is 2.41 bits per heavy atom. The van der Waals surface area contributed by atoms with Crippen molar-refractivity contribution < 1.29 is 14.3 Å². The highest BCUT2D eigenvalue weighted by Crippen LogP contribution is 2.19. The van der Waals surface area contributed by atoms with Gasteiger partial charge in [-0.05, 0) is 48.9 Å². The van der Waals surface area contributed by atoms with Crippen molar-refractivity contribution >= 4 is 27.5 Å². The third-order valence-electron chi connectivity index (χ3n) is 4.58. The quantitative estimate of drug-likeness (QED) is 0.697. The standard InChI is InChI=1S/C21H25BrN2O3/c1-16(27-20-9-5-18(22)6-10-20)21(25)23(2)15-17-3-7-19(8-4-17)24-11-13-26-14-12-24/h3-10,16H,11-15H2,1-2H3/t16-/m1/s1. The number of hydrogen-bond donors (Lipinski definition) is 0. The number of carbonyl (C=O) groups is 1. The summed E-state index contributed by atoms with van der Waals surface area (Å²) in [4.78, 5) is 16.6. The third-order valence-corrected chi connectivity index (χ3v) is 5.11. The number of anilines is 1. The van der Waals surface area contributed by atoms with Crippen LogP contribution in [0.4, 0.5) is 5.69 Å². The van der Waals surface area contributed by atoms with E-state index in [1.54, 1.807) is 18.9 Å². The highest BCUT2D eigenvalue weighted by Gasteiger charge is 2.19. The maximum atomic E-state index is 12.6.